The van der Waals surface area contributed by atoms with E-state index in [1.54, 1.807) is 0 Å². The van der Waals surface area contributed by atoms with E-state index in [4.69, 9.17) is 0 Å². The van der Waals surface area contributed by atoms with Crippen LogP contribution in [0.15, 0.2) is 24.4 Å². The van der Waals surface area contributed by atoms with Crippen LogP contribution < -0.4 is 5.44 Å². The standard InChI is InChI=1S/C15H26NP/c1-3-5-9-13-17(14-10-6-4-2)15-11-7-8-12-16-15/h7-8,11-12H,3-6,9-10,13-14H2,1-2H3. The first-order valence-corrected chi connectivity index (χ1v) is 8.75. The fourth-order valence-electron chi connectivity index (χ4n) is 1.99. The van der Waals surface area contributed by atoms with E-state index in [0.29, 0.717) is 0 Å². The maximum Gasteiger partial charge on any atom is 0.0630 e. The Morgan fingerprint density at radius 2 is 1.59 bits per heavy atom. The summed E-state index contributed by atoms with van der Waals surface area (Å²) in [6.45, 7) is 4.56. The normalized spacial score (nSPS) is 11.0. The Morgan fingerprint density at radius 1 is 0.941 bits per heavy atom. The molecule has 0 N–H and O–H groups in total. The lowest BCUT2D eigenvalue weighted by Crippen LogP contribution is -2.10. The van der Waals surface area contributed by atoms with Crippen molar-refractivity contribution in [2.24, 2.45) is 0 Å². The summed E-state index contributed by atoms with van der Waals surface area (Å²) >= 11 is 0. The van der Waals surface area contributed by atoms with Crippen molar-refractivity contribution in [3.63, 3.8) is 0 Å². The highest BCUT2D eigenvalue weighted by molar-refractivity contribution is 7.65. The first kappa shape index (κ1) is 14.6. The van der Waals surface area contributed by atoms with Crippen LogP contribution in [0.3, 0.4) is 0 Å². The molecule has 0 aliphatic rings. The molecule has 1 heterocycles. The molecule has 0 aromatic carbocycles. The quantitative estimate of drug-likeness (QED) is 0.463. The largest absolute Gasteiger partial charge is 0.257 e. The van der Waals surface area contributed by atoms with Crippen molar-refractivity contribution in [3.05, 3.63) is 24.4 Å². The van der Waals surface area contributed by atoms with Gasteiger partial charge < -0.3 is 0 Å². The first-order chi connectivity index (χ1) is 8.38. The van der Waals surface area contributed by atoms with Crippen LogP contribution in [0.1, 0.15) is 52.4 Å². The van der Waals surface area contributed by atoms with E-state index in [1.807, 2.05) is 12.3 Å². The fraction of sp³-hybridized carbons (Fsp3) is 0.667. The molecule has 0 atom stereocenters. The summed E-state index contributed by atoms with van der Waals surface area (Å²) in [7, 11) is 0.00991. The van der Waals surface area contributed by atoms with E-state index in [9.17, 15) is 0 Å². The summed E-state index contributed by atoms with van der Waals surface area (Å²) in [4.78, 5) is 4.57. The van der Waals surface area contributed by atoms with E-state index in [-0.39, 0.29) is 7.92 Å². The van der Waals surface area contributed by atoms with Crippen molar-refractivity contribution in [1.82, 2.24) is 4.98 Å². The lowest BCUT2D eigenvalue weighted by atomic mass is 10.3. The maximum absolute atomic E-state index is 4.57. The van der Waals surface area contributed by atoms with E-state index in [0.717, 1.165) is 0 Å². The molecule has 0 aliphatic heterocycles. The molecule has 0 fully saturated rings. The zero-order valence-electron chi connectivity index (χ0n) is 11.4. The van der Waals surface area contributed by atoms with Gasteiger partial charge in [0.1, 0.15) is 0 Å². The molecule has 0 bridgehead atoms. The predicted molar refractivity (Wildman–Crippen MR) is 79.6 cm³/mol. The Balaban J connectivity index is 2.46. The molecule has 1 rings (SSSR count). The molecule has 1 aromatic heterocycles. The molecule has 17 heavy (non-hydrogen) atoms. The Morgan fingerprint density at radius 3 is 2.06 bits per heavy atom. The molecule has 0 amide bonds. The van der Waals surface area contributed by atoms with Crippen LogP contribution >= 0.6 is 7.92 Å². The minimum Gasteiger partial charge on any atom is -0.257 e. The van der Waals surface area contributed by atoms with Gasteiger partial charge in [-0.25, -0.2) is 0 Å². The lowest BCUT2D eigenvalue weighted by Gasteiger charge is -2.16. The average Bonchev–Trinajstić information content (AvgIpc) is 2.38. The van der Waals surface area contributed by atoms with Crippen LogP contribution in [0, 0.1) is 0 Å². The molecular formula is C15H26NP. The van der Waals surface area contributed by atoms with Crippen molar-refractivity contribution in [3.8, 4) is 0 Å². The number of rotatable bonds is 9. The molecule has 0 spiro atoms. The number of unbranched alkanes of at least 4 members (excludes halogenated alkanes) is 4. The highest BCUT2D eigenvalue weighted by Crippen LogP contribution is 2.36. The molecule has 0 aliphatic carbocycles. The molecule has 96 valence electrons. The van der Waals surface area contributed by atoms with Crippen LogP contribution in [-0.2, 0) is 0 Å². The molecular weight excluding hydrogens is 225 g/mol. The van der Waals surface area contributed by atoms with E-state index < -0.39 is 0 Å². The molecule has 1 aromatic rings. The van der Waals surface area contributed by atoms with Crippen LogP contribution in [0.5, 0.6) is 0 Å². The lowest BCUT2D eigenvalue weighted by molar-refractivity contribution is 0.763. The third-order valence-corrected chi connectivity index (χ3v) is 5.66. The zero-order valence-corrected chi connectivity index (χ0v) is 12.3. The van der Waals surface area contributed by atoms with Gasteiger partial charge in [0, 0.05) is 6.20 Å². The van der Waals surface area contributed by atoms with Gasteiger partial charge in [-0.2, -0.15) is 0 Å². The third-order valence-electron chi connectivity index (χ3n) is 3.04. The van der Waals surface area contributed by atoms with E-state index >= 15 is 0 Å². The summed E-state index contributed by atoms with van der Waals surface area (Å²) in [6, 6.07) is 6.38. The van der Waals surface area contributed by atoms with Crippen LogP contribution in [0.4, 0.5) is 0 Å². The second-order valence-electron chi connectivity index (χ2n) is 4.59. The van der Waals surface area contributed by atoms with Gasteiger partial charge in [-0.1, -0.05) is 53.5 Å². The summed E-state index contributed by atoms with van der Waals surface area (Å²) < 4.78 is 0. The number of nitrogens with zero attached hydrogens (tertiary/aromatic N) is 1. The van der Waals surface area contributed by atoms with Gasteiger partial charge in [0.15, 0.2) is 0 Å². The SMILES string of the molecule is CCCCCP(CCCCC)c1ccccn1. The van der Waals surface area contributed by atoms with Crippen molar-refractivity contribution in [2.45, 2.75) is 52.4 Å². The molecule has 1 nitrogen and oxygen atoms in total. The van der Waals surface area contributed by atoms with Crippen LogP contribution in [0.2, 0.25) is 0 Å². The van der Waals surface area contributed by atoms with Gasteiger partial charge in [0.2, 0.25) is 0 Å². The second-order valence-corrected chi connectivity index (χ2v) is 7.02. The predicted octanol–water partition coefficient (Wildman–Crippen LogP) is 4.57. The van der Waals surface area contributed by atoms with Crippen molar-refractivity contribution in [1.29, 1.82) is 0 Å². The number of hydrogen-bond acceptors (Lipinski definition) is 1. The summed E-state index contributed by atoms with van der Waals surface area (Å²) in [5.41, 5.74) is 1.37. The van der Waals surface area contributed by atoms with E-state index in [2.05, 4.69) is 31.0 Å². The summed E-state index contributed by atoms with van der Waals surface area (Å²) in [5, 5.41) is 0. The fourth-order valence-corrected chi connectivity index (χ4v) is 4.41. The van der Waals surface area contributed by atoms with Gasteiger partial charge in [0.05, 0.1) is 5.44 Å². The minimum absolute atomic E-state index is 0.00991. The molecule has 0 unspecified atom stereocenters. The molecule has 2 heteroatoms. The van der Waals surface area contributed by atoms with Gasteiger partial charge in [-0.05, 0) is 37.3 Å². The summed E-state index contributed by atoms with van der Waals surface area (Å²) in [5.74, 6) is 0. The maximum atomic E-state index is 4.57. The monoisotopic (exact) mass is 251 g/mol. The molecule has 0 radical (unpaired) electrons. The molecule has 0 saturated heterocycles. The average molecular weight is 251 g/mol. The Hall–Kier alpha value is -0.420. The van der Waals surface area contributed by atoms with Crippen molar-refractivity contribution < 1.29 is 0 Å². The van der Waals surface area contributed by atoms with Gasteiger partial charge >= 0.3 is 0 Å². The van der Waals surface area contributed by atoms with Gasteiger partial charge in [0.25, 0.3) is 0 Å². The Kier molecular flexibility index (Phi) is 8.26. The third kappa shape index (κ3) is 6.17. The molecule has 0 saturated carbocycles. The second kappa shape index (κ2) is 9.59. The Bertz CT molecular complexity index is 264. The topological polar surface area (TPSA) is 12.9 Å². The smallest absolute Gasteiger partial charge is 0.0630 e. The van der Waals surface area contributed by atoms with Gasteiger partial charge in [-0.15, -0.1) is 0 Å². The zero-order chi connectivity index (χ0) is 12.3. The first-order valence-electron chi connectivity index (χ1n) is 7.04. The van der Waals surface area contributed by atoms with Crippen molar-refractivity contribution >= 4 is 13.4 Å². The van der Waals surface area contributed by atoms with Crippen LogP contribution in [-0.4, -0.2) is 17.3 Å². The minimum atomic E-state index is 0.00991. The highest BCUT2D eigenvalue weighted by Gasteiger charge is 2.10. The summed E-state index contributed by atoms with van der Waals surface area (Å²) in [6.07, 6.45) is 12.9. The van der Waals surface area contributed by atoms with E-state index in [1.165, 1.54) is 56.3 Å². The number of aromatic nitrogens is 1. The Labute approximate surface area is 108 Å². The van der Waals surface area contributed by atoms with Crippen molar-refractivity contribution in [2.75, 3.05) is 12.3 Å². The highest BCUT2D eigenvalue weighted by atomic mass is 31.1. The number of hydrogen-bond donors (Lipinski definition) is 0. The van der Waals surface area contributed by atoms with Crippen LogP contribution in [0.25, 0.3) is 0 Å². The van der Waals surface area contributed by atoms with Gasteiger partial charge in [-0.3, -0.25) is 4.98 Å². The number of pyridine rings is 1.